The van der Waals surface area contributed by atoms with Crippen LogP contribution in [0.15, 0.2) is 72.8 Å². The van der Waals surface area contributed by atoms with Crippen LogP contribution >= 0.6 is 0 Å². The zero-order valence-corrected chi connectivity index (χ0v) is 24.8. The number of ether oxygens (including phenoxy) is 3. The third kappa shape index (κ3) is 4.91. The molecule has 6 unspecified atom stereocenters. The first kappa shape index (κ1) is 27.2. The standard InChI is InChI=1S/C37H40O5/c1-23-16-27(34-32(25-10-6-4-7-11-25)33(34)26-12-8-5-9-13-26)17-24(2)35(23)41-21-30(38)40-22-31(39)42-36(3)14-15-37-19-28(36)18-29(37)20-37/h4-13,16-17,28-29,32-34H,14-15,18-22H2,1-3H3. The van der Waals surface area contributed by atoms with Gasteiger partial charge in [0.1, 0.15) is 11.4 Å². The fraction of sp³-hybridized carbons (Fsp3) is 0.459. The van der Waals surface area contributed by atoms with Crippen LogP contribution in [-0.2, 0) is 19.1 Å². The van der Waals surface area contributed by atoms with E-state index in [0.717, 1.165) is 36.3 Å². The number of esters is 2. The number of hydrogen-bond donors (Lipinski definition) is 0. The summed E-state index contributed by atoms with van der Waals surface area (Å²) in [7, 11) is 0. The molecule has 0 aromatic heterocycles. The number of rotatable bonds is 9. The molecule has 4 aliphatic rings. The average molecular weight is 565 g/mol. The molecule has 6 atom stereocenters. The highest BCUT2D eigenvalue weighted by molar-refractivity contribution is 5.77. The molecule has 0 N–H and O–H groups in total. The summed E-state index contributed by atoms with van der Waals surface area (Å²) < 4.78 is 17.1. The van der Waals surface area contributed by atoms with Gasteiger partial charge in [-0.25, -0.2) is 9.59 Å². The van der Waals surface area contributed by atoms with Crippen LogP contribution in [0.2, 0.25) is 0 Å². The van der Waals surface area contributed by atoms with Crippen molar-refractivity contribution in [1.29, 1.82) is 0 Å². The normalized spacial score (nSPS) is 32.0. The van der Waals surface area contributed by atoms with E-state index in [1.165, 1.54) is 29.5 Å². The lowest BCUT2D eigenvalue weighted by molar-refractivity contribution is -0.177. The van der Waals surface area contributed by atoms with Crippen molar-refractivity contribution >= 4 is 11.9 Å². The molecule has 0 heterocycles. The Morgan fingerprint density at radius 3 is 1.93 bits per heavy atom. The minimum absolute atomic E-state index is 0.249. The topological polar surface area (TPSA) is 61.8 Å². The van der Waals surface area contributed by atoms with Crippen molar-refractivity contribution in [1.82, 2.24) is 0 Å². The third-order valence-corrected chi connectivity index (χ3v) is 10.9. The van der Waals surface area contributed by atoms with Gasteiger partial charge in [0.2, 0.25) is 0 Å². The number of aryl methyl sites for hydroxylation is 2. The smallest absolute Gasteiger partial charge is 0.344 e. The Labute approximate surface area is 248 Å². The van der Waals surface area contributed by atoms with Crippen LogP contribution < -0.4 is 4.74 Å². The van der Waals surface area contributed by atoms with Gasteiger partial charge in [-0.15, -0.1) is 0 Å². The maximum Gasteiger partial charge on any atom is 0.344 e. The quantitative estimate of drug-likeness (QED) is 0.254. The van der Waals surface area contributed by atoms with E-state index in [1.807, 2.05) is 13.8 Å². The fourth-order valence-electron chi connectivity index (χ4n) is 8.55. The molecule has 42 heavy (non-hydrogen) atoms. The molecule has 4 saturated carbocycles. The van der Waals surface area contributed by atoms with Gasteiger partial charge in [0, 0.05) is 0 Å². The highest BCUT2D eigenvalue weighted by atomic mass is 16.6. The summed E-state index contributed by atoms with van der Waals surface area (Å²) in [4.78, 5) is 25.1. The lowest BCUT2D eigenvalue weighted by Crippen LogP contribution is -2.43. The van der Waals surface area contributed by atoms with Gasteiger partial charge in [0.05, 0.1) is 0 Å². The summed E-state index contributed by atoms with van der Waals surface area (Å²) in [6, 6.07) is 25.8. The van der Waals surface area contributed by atoms with Crippen molar-refractivity contribution in [2.75, 3.05) is 13.2 Å². The molecular weight excluding hydrogens is 524 g/mol. The van der Waals surface area contributed by atoms with Crippen molar-refractivity contribution in [2.45, 2.75) is 76.2 Å². The van der Waals surface area contributed by atoms with Crippen molar-refractivity contribution < 1.29 is 23.8 Å². The Bertz CT molecular complexity index is 1430. The van der Waals surface area contributed by atoms with Crippen molar-refractivity contribution in [3.05, 3.63) is 101 Å². The Morgan fingerprint density at radius 1 is 0.738 bits per heavy atom. The average Bonchev–Trinajstić information content (AvgIpc) is 3.87. The van der Waals surface area contributed by atoms with Crippen LogP contribution in [0.25, 0.3) is 0 Å². The number of benzene rings is 3. The number of hydrogen-bond acceptors (Lipinski definition) is 5. The molecule has 4 aliphatic carbocycles. The monoisotopic (exact) mass is 564 g/mol. The minimum Gasteiger partial charge on any atom is -0.481 e. The summed E-state index contributed by atoms with van der Waals surface area (Å²) >= 11 is 0. The van der Waals surface area contributed by atoms with Gasteiger partial charge in [0.15, 0.2) is 13.2 Å². The maximum absolute atomic E-state index is 12.6. The van der Waals surface area contributed by atoms with E-state index in [4.69, 9.17) is 14.2 Å². The highest BCUT2D eigenvalue weighted by Gasteiger charge is 2.66. The Kier molecular flexibility index (Phi) is 6.67. The molecule has 4 fully saturated rings. The van der Waals surface area contributed by atoms with Crippen molar-refractivity contribution in [2.24, 2.45) is 17.3 Å². The maximum atomic E-state index is 12.6. The summed E-state index contributed by atoms with van der Waals surface area (Å²) in [6.45, 7) is 5.47. The third-order valence-electron chi connectivity index (χ3n) is 10.9. The molecule has 218 valence electrons. The molecule has 3 aromatic carbocycles. The first-order valence-electron chi connectivity index (χ1n) is 15.5. The molecule has 1 spiro atoms. The van der Waals surface area contributed by atoms with Crippen LogP contribution in [-0.4, -0.2) is 30.8 Å². The largest absolute Gasteiger partial charge is 0.481 e. The number of fused-ring (bicyclic) bond motifs is 1. The van der Waals surface area contributed by atoms with Gasteiger partial charge < -0.3 is 14.2 Å². The van der Waals surface area contributed by atoms with Gasteiger partial charge in [-0.2, -0.15) is 0 Å². The Balaban J connectivity index is 0.960. The van der Waals surface area contributed by atoms with E-state index in [1.54, 1.807) is 0 Å². The molecule has 2 bridgehead atoms. The van der Waals surface area contributed by atoms with E-state index >= 15 is 0 Å². The Morgan fingerprint density at radius 2 is 1.31 bits per heavy atom. The van der Waals surface area contributed by atoms with Crippen LogP contribution in [0.5, 0.6) is 5.75 Å². The summed E-state index contributed by atoms with van der Waals surface area (Å²) in [5.74, 6) is 2.14. The summed E-state index contributed by atoms with van der Waals surface area (Å²) in [5, 5.41) is 0. The molecule has 3 aromatic rings. The number of carbonyl (C=O) groups is 2. The van der Waals surface area contributed by atoms with Crippen LogP contribution in [0.1, 0.15) is 84.6 Å². The van der Waals surface area contributed by atoms with Gasteiger partial charge in [-0.05, 0) is 116 Å². The Hall–Kier alpha value is -3.60. The molecule has 0 aliphatic heterocycles. The zero-order chi connectivity index (χ0) is 29.1. The molecule has 0 amide bonds. The minimum atomic E-state index is -0.569. The van der Waals surface area contributed by atoms with E-state index in [0.29, 0.717) is 34.8 Å². The molecule has 0 saturated heterocycles. The molecule has 0 radical (unpaired) electrons. The first-order chi connectivity index (χ1) is 20.3. The number of carbonyl (C=O) groups excluding carboxylic acids is 2. The SMILES string of the molecule is Cc1cc(C2C(c3ccccc3)C2c2ccccc2)cc(C)c1OCC(=O)OCC(=O)OC1(C)CCC23CC2CC1C3. The zero-order valence-electron chi connectivity index (χ0n) is 24.8. The van der Waals surface area contributed by atoms with Crippen LogP contribution in [0, 0.1) is 31.1 Å². The predicted molar refractivity (Wildman–Crippen MR) is 160 cm³/mol. The second-order valence-electron chi connectivity index (χ2n) is 13.5. The van der Waals surface area contributed by atoms with Gasteiger partial charge >= 0.3 is 11.9 Å². The van der Waals surface area contributed by atoms with E-state index < -0.39 is 17.5 Å². The molecular formula is C37H40O5. The summed E-state index contributed by atoms with van der Waals surface area (Å²) in [6.07, 6.45) is 5.74. The first-order valence-corrected chi connectivity index (χ1v) is 15.5. The van der Waals surface area contributed by atoms with Crippen molar-refractivity contribution in [3.63, 3.8) is 0 Å². The van der Waals surface area contributed by atoms with Gasteiger partial charge in [-0.3, -0.25) is 0 Å². The van der Waals surface area contributed by atoms with Gasteiger partial charge in [0.25, 0.3) is 0 Å². The lowest BCUT2D eigenvalue weighted by atomic mass is 9.73. The second-order valence-corrected chi connectivity index (χ2v) is 13.5. The predicted octanol–water partition coefficient (Wildman–Crippen LogP) is 7.40. The van der Waals surface area contributed by atoms with Gasteiger partial charge in [-0.1, -0.05) is 72.8 Å². The lowest BCUT2D eigenvalue weighted by Gasteiger charge is -2.41. The van der Waals surface area contributed by atoms with Crippen molar-refractivity contribution in [3.8, 4) is 5.75 Å². The van der Waals surface area contributed by atoms with Crippen LogP contribution in [0.3, 0.4) is 0 Å². The highest BCUT2D eigenvalue weighted by Crippen LogP contribution is 2.73. The van der Waals surface area contributed by atoms with E-state index in [-0.39, 0.29) is 13.2 Å². The van der Waals surface area contributed by atoms with E-state index in [2.05, 4.69) is 79.7 Å². The van der Waals surface area contributed by atoms with E-state index in [9.17, 15) is 9.59 Å². The van der Waals surface area contributed by atoms with Crippen LogP contribution in [0.4, 0.5) is 0 Å². The summed E-state index contributed by atoms with van der Waals surface area (Å²) in [5.41, 5.74) is 6.09. The molecule has 7 rings (SSSR count). The second kappa shape index (κ2) is 10.3. The molecule has 5 nitrogen and oxygen atoms in total. The molecule has 5 heteroatoms. The fourth-order valence-corrected chi connectivity index (χ4v) is 8.55.